The van der Waals surface area contributed by atoms with Crippen molar-refractivity contribution in [2.75, 3.05) is 17.2 Å². The van der Waals surface area contributed by atoms with Gasteiger partial charge in [-0.25, -0.2) is 0 Å². The molecule has 0 saturated heterocycles. The van der Waals surface area contributed by atoms with Crippen LogP contribution in [-0.4, -0.2) is 28.6 Å². The summed E-state index contributed by atoms with van der Waals surface area (Å²) in [6, 6.07) is 14.0. The zero-order chi connectivity index (χ0) is 19.9. The fourth-order valence-electron chi connectivity index (χ4n) is 2.40. The summed E-state index contributed by atoms with van der Waals surface area (Å²) in [4.78, 5) is 24.9. The molecule has 0 aliphatic carbocycles. The first-order chi connectivity index (χ1) is 13.6. The van der Waals surface area contributed by atoms with Gasteiger partial charge in [0, 0.05) is 23.4 Å². The highest BCUT2D eigenvalue weighted by Crippen LogP contribution is 2.21. The molecule has 144 valence electrons. The molecule has 0 aliphatic heterocycles. The second-order valence-electron chi connectivity index (χ2n) is 5.94. The number of hydrogen-bond acceptors (Lipinski definition) is 6. The van der Waals surface area contributed by atoms with E-state index in [9.17, 15) is 9.59 Å². The van der Waals surface area contributed by atoms with Crippen molar-refractivity contribution in [2.45, 2.75) is 20.5 Å². The van der Waals surface area contributed by atoms with E-state index >= 15 is 0 Å². The number of benzene rings is 2. The summed E-state index contributed by atoms with van der Waals surface area (Å²) in [5.41, 5.74) is 2.40. The summed E-state index contributed by atoms with van der Waals surface area (Å²) < 4.78 is 5.28. The lowest BCUT2D eigenvalue weighted by Crippen LogP contribution is -2.15. The largest absolute Gasteiger partial charge is 0.374 e. The van der Waals surface area contributed by atoms with Crippen LogP contribution in [0.4, 0.5) is 10.8 Å². The zero-order valence-electron chi connectivity index (χ0n) is 15.6. The van der Waals surface area contributed by atoms with Gasteiger partial charge < -0.3 is 10.1 Å². The number of nitrogens with zero attached hydrogens (tertiary/aromatic N) is 2. The van der Waals surface area contributed by atoms with E-state index in [2.05, 4.69) is 20.8 Å². The normalized spacial score (nSPS) is 10.5. The molecular formula is C20H20N4O3S. The van der Waals surface area contributed by atoms with Crippen LogP contribution in [0.5, 0.6) is 0 Å². The number of hydrogen-bond donors (Lipinski definition) is 2. The molecule has 2 aromatic carbocycles. The molecule has 0 fully saturated rings. The molecule has 0 spiro atoms. The molecule has 7 nitrogen and oxygen atoms in total. The van der Waals surface area contributed by atoms with Crippen molar-refractivity contribution in [1.82, 2.24) is 10.2 Å². The molecule has 0 atom stereocenters. The molecule has 0 saturated carbocycles. The number of aromatic nitrogens is 2. The standard InChI is InChI=1S/C20H20N4O3S/c1-3-27-12-17-23-24-20(28-17)22-19(26)15-10-9-13(2)16(11-15)21-18(25)14-7-5-4-6-8-14/h4-11H,3,12H2,1-2H3,(H,21,25)(H,22,24,26). The Balaban J connectivity index is 1.70. The van der Waals surface area contributed by atoms with Crippen molar-refractivity contribution in [3.05, 3.63) is 70.2 Å². The monoisotopic (exact) mass is 396 g/mol. The quantitative estimate of drug-likeness (QED) is 0.632. The van der Waals surface area contributed by atoms with Crippen molar-refractivity contribution >= 4 is 34.0 Å². The Morgan fingerprint density at radius 1 is 1.00 bits per heavy atom. The molecular weight excluding hydrogens is 376 g/mol. The number of nitrogens with one attached hydrogen (secondary N) is 2. The van der Waals surface area contributed by atoms with Crippen molar-refractivity contribution in [3.8, 4) is 0 Å². The molecule has 1 heterocycles. The fraction of sp³-hybridized carbons (Fsp3) is 0.200. The first kappa shape index (κ1) is 19.7. The van der Waals surface area contributed by atoms with Gasteiger partial charge in [-0.05, 0) is 43.7 Å². The minimum Gasteiger partial charge on any atom is -0.374 e. The third-order valence-electron chi connectivity index (χ3n) is 3.90. The molecule has 0 unspecified atom stereocenters. The smallest absolute Gasteiger partial charge is 0.257 e. The molecule has 0 aliphatic rings. The minimum atomic E-state index is -0.325. The van der Waals surface area contributed by atoms with Crippen LogP contribution in [0.2, 0.25) is 0 Å². The lowest BCUT2D eigenvalue weighted by Gasteiger charge is -2.10. The molecule has 2 N–H and O–H groups in total. The second kappa shape index (κ2) is 9.20. The Bertz CT molecular complexity index is 973. The molecule has 3 aromatic rings. The summed E-state index contributed by atoms with van der Waals surface area (Å²) in [5.74, 6) is -0.555. The van der Waals surface area contributed by atoms with E-state index in [1.165, 1.54) is 11.3 Å². The van der Waals surface area contributed by atoms with Gasteiger partial charge in [0.05, 0.1) is 0 Å². The van der Waals surface area contributed by atoms with Crippen LogP contribution in [0.15, 0.2) is 48.5 Å². The van der Waals surface area contributed by atoms with Crippen LogP contribution in [0.25, 0.3) is 0 Å². The van der Waals surface area contributed by atoms with Gasteiger partial charge in [0.15, 0.2) is 0 Å². The van der Waals surface area contributed by atoms with Crippen LogP contribution < -0.4 is 10.6 Å². The number of carbonyl (C=O) groups excluding carboxylic acids is 2. The van der Waals surface area contributed by atoms with Crippen molar-refractivity contribution in [1.29, 1.82) is 0 Å². The second-order valence-corrected chi connectivity index (χ2v) is 7.00. The van der Waals surface area contributed by atoms with E-state index in [1.807, 2.05) is 19.9 Å². The van der Waals surface area contributed by atoms with Crippen LogP contribution in [0.3, 0.4) is 0 Å². The SMILES string of the molecule is CCOCc1nnc(NC(=O)c2ccc(C)c(NC(=O)c3ccccc3)c2)s1. The van der Waals surface area contributed by atoms with Crippen molar-refractivity contribution in [3.63, 3.8) is 0 Å². The van der Waals surface area contributed by atoms with Crippen LogP contribution >= 0.6 is 11.3 Å². The number of carbonyl (C=O) groups is 2. The van der Waals surface area contributed by atoms with Gasteiger partial charge in [0.2, 0.25) is 5.13 Å². The van der Waals surface area contributed by atoms with E-state index in [0.717, 1.165) is 5.56 Å². The van der Waals surface area contributed by atoms with E-state index < -0.39 is 0 Å². The number of rotatable bonds is 7. The summed E-state index contributed by atoms with van der Waals surface area (Å²) in [7, 11) is 0. The first-order valence-electron chi connectivity index (χ1n) is 8.75. The molecule has 0 bridgehead atoms. The van der Waals surface area contributed by atoms with Gasteiger partial charge in [-0.3, -0.25) is 14.9 Å². The van der Waals surface area contributed by atoms with Gasteiger partial charge >= 0.3 is 0 Å². The summed E-state index contributed by atoms with van der Waals surface area (Å²) in [6.07, 6.45) is 0. The number of amides is 2. The van der Waals surface area contributed by atoms with Gasteiger partial charge in [0.1, 0.15) is 11.6 Å². The predicted molar refractivity (Wildman–Crippen MR) is 109 cm³/mol. The molecule has 8 heteroatoms. The third-order valence-corrected chi connectivity index (χ3v) is 4.71. The topological polar surface area (TPSA) is 93.2 Å². The van der Waals surface area contributed by atoms with Gasteiger partial charge in [-0.2, -0.15) is 0 Å². The van der Waals surface area contributed by atoms with Crippen molar-refractivity contribution in [2.24, 2.45) is 0 Å². The highest BCUT2D eigenvalue weighted by atomic mass is 32.1. The lowest BCUT2D eigenvalue weighted by atomic mass is 10.1. The first-order valence-corrected chi connectivity index (χ1v) is 9.57. The summed E-state index contributed by atoms with van der Waals surface area (Å²) >= 11 is 1.26. The third kappa shape index (κ3) is 4.99. The number of anilines is 2. The average molecular weight is 396 g/mol. The van der Waals surface area contributed by atoms with Crippen LogP contribution in [-0.2, 0) is 11.3 Å². The van der Waals surface area contributed by atoms with Gasteiger partial charge in [-0.1, -0.05) is 35.6 Å². The average Bonchev–Trinajstić information content (AvgIpc) is 3.15. The van der Waals surface area contributed by atoms with E-state index in [1.54, 1.807) is 42.5 Å². The minimum absolute atomic E-state index is 0.231. The molecule has 3 rings (SSSR count). The van der Waals surface area contributed by atoms with E-state index in [0.29, 0.717) is 40.2 Å². The van der Waals surface area contributed by atoms with E-state index in [-0.39, 0.29) is 11.8 Å². The van der Waals surface area contributed by atoms with Crippen molar-refractivity contribution < 1.29 is 14.3 Å². The van der Waals surface area contributed by atoms with E-state index in [4.69, 9.17) is 4.74 Å². The lowest BCUT2D eigenvalue weighted by molar-refractivity contribution is 0.101. The Kier molecular flexibility index (Phi) is 6.46. The Morgan fingerprint density at radius 2 is 1.75 bits per heavy atom. The maximum absolute atomic E-state index is 12.5. The highest BCUT2D eigenvalue weighted by molar-refractivity contribution is 7.15. The molecule has 1 aromatic heterocycles. The maximum Gasteiger partial charge on any atom is 0.257 e. The molecule has 28 heavy (non-hydrogen) atoms. The Hall–Kier alpha value is -3.10. The van der Waals surface area contributed by atoms with Gasteiger partial charge in [-0.15, -0.1) is 10.2 Å². The van der Waals surface area contributed by atoms with Gasteiger partial charge in [0.25, 0.3) is 11.8 Å². The molecule has 2 amide bonds. The number of aryl methyl sites for hydroxylation is 1. The fourth-order valence-corrected chi connectivity index (χ4v) is 3.08. The molecule has 0 radical (unpaired) electrons. The summed E-state index contributed by atoms with van der Waals surface area (Å²) in [6.45, 7) is 4.72. The summed E-state index contributed by atoms with van der Waals surface area (Å²) in [5, 5.41) is 14.6. The predicted octanol–water partition coefficient (Wildman–Crippen LogP) is 3.89. The maximum atomic E-state index is 12.5. The Morgan fingerprint density at radius 3 is 2.50 bits per heavy atom. The highest BCUT2D eigenvalue weighted by Gasteiger charge is 2.13. The number of ether oxygens (including phenoxy) is 1. The Labute approximate surface area is 166 Å². The zero-order valence-corrected chi connectivity index (χ0v) is 16.4. The van der Waals surface area contributed by atoms with Crippen LogP contribution in [0.1, 0.15) is 38.2 Å². The van der Waals surface area contributed by atoms with Crippen LogP contribution in [0, 0.1) is 6.92 Å².